The van der Waals surface area contributed by atoms with Crippen LogP contribution in [0.5, 0.6) is 5.75 Å². The first-order chi connectivity index (χ1) is 23.0. The molecule has 4 aromatic rings. The fourth-order valence-corrected chi connectivity index (χ4v) is 5.15. The van der Waals surface area contributed by atoms with Gasteiger partial charge >= 0.3 is 5.97 Å². The highest BCUT2D eigenvalue weighted by atomic mass is 16.5. The number of carbonyl (C=O) groups is 3. The molecule has 48 heavy (non-hydrogen) atoms. The highest BCUT2D eigenvalue weighted by Gasteiger charge is 2.23. The molecule has 0 radical (unpaired) electrons. The van der Waals surface area contributed by atoms with Gasteiger partial charge in [0.1, 0.15) is 18.3 Å². The summed E-state index contributed by atoms with van der Waals surface area (Å²) < 4.78 is 5.88. The van der Waals surface area contributed by atoms with Gasteiger partial charge in [-0.1, -0.05) is 102 Å². The van der Waals surface area contributed by atoms with Crippen LogP contribution in [0.2, 0.25) is 0 Å². The van der Waals surface area contributed by atoms with Crippen LogP contribution in [-0.4, -0.2) is 52.1 Å². The molecular formula is C39H46N4O5. The number of aliphatic carboxylic acids is 1. The van der Waals surface area contributed by atoms with Gasteiger partial charge in [-0.25, -0.2) is 9.97 Å². The Morgan fingerprint density at radius 2 is 1.42 bits per heavy atom. The van der Waals surface area contributed by atoms with E-state index >= 15 is 0 Å². The number of hydrogen-bond donors (Lipinski definition) is 3. The lowest BCUT2D eigenvalue weighted by Gasteiger charge is -2.20. The van der Waals surface area contributed by atoms with Gasteiger partial charge in [0.25, 0.3) is 5.91 Å². The van der Waals surface area contributed by atoms with E-state index in [0.29, 0.717) is 11.4 Å². The number of ether oxygens (including phenoxy) is 1. The van der Waals surface area contributed by atoms with E-state index < -0.39 is 30.4 Å². The molecule has 0 unspecified atom stereocenters. The third-order valence-electron chi connectivity index (χ3n) is 8.06. The molecule has 1 heterocycles. The van der Waals surface area contributed by atoms with Gasteiger partial charge in [-0.2, -0.15) is 0 Å². The van der Waals surface area contributed by atoms with Crippen molar-refractivity contribution in [1.82, 2.24) is 20.6 Å². The standard InChI is InChI=1S/C39H46N4O5/c1-5-6-7-8-9-22-48-33-20-16-28(17-21-33)31-24-40-36(41-25-31)29-12-10-27(11-13-29)23-34(38(47)42-26-35(44)45)43-37(46)30-14-18-32(19-15-30)39(2,3)4/h10-21,24-25,34H,5-9,22-23,26H2,1-4H3,(H,42,47)(H,43,46)(H,44,45)/t34-/m0/s1. The lowest BCUT2D eigenvalue weighted by Crippen LogP contribution is -2.49. The summed E-state index contributed by atoms with van der Waals surface area (Å²) in [5.74, 6) is -0.770. The summed E-state index contributed by atoms with van der Waals surface area (Å²) >= 11 is 0. The van der Waals surface area contributed by atoms with Crippen LogP contribution in [0.25, 0.3) is 22.5 Å². The number of amides is 2. The predicted molar refractivity (Wildman–Crippen MR) is 188 cm³/mol. The van der Waals surface area contributed by atoms with Crippen molar-refractivity contribution >= 4 is 17.8 Å². The zero-order valence-electron chi connectivity index (χ0n) is 28.3. The Hall–Kier alpha value is -5.05. The summed E-state index contributed by atoms with van der Waals surface area (Å²) in [6.07, 6.45) is 9.74. The Labute approximate surface area is 283 Å². The maximum Gasteiger partial charge on any atom is 0.322 e. The first-order valence-corrected chi connectivity index (χ1v) is 16.6. The van der Waals surface area contributed by atoms with E-state index in [1.165, 1.54) is 25.7 Å². The van der Waals surface area contributed by atoms with Crippen molar-refractivity contribution in [3.63, 3.8) is 0 Å². The molecule has 0 aliphatic carbocycles. The average molecular weight is 651 g/mol. The van der Waals surface area contributed by atoms with Crippen molar-refractivity contribution < 1.29 is 24.2 Å². The second-order valence-corrected chi connectivity index (χ2v) is 12.9. The number of carboxylic acid groups (broad SMARTS) is 1. The Morgan fingerprint density at radius 1 is 0.792 bits per heavy atom. The Kier molecular flexibility index (Phi) is 12.8. The van der Waals surface area contributed by atoms with Gasteiger partial charge in [0.15, 0.2) is 5.82 Å². The largest absolute Gasteiger partial charge is 0.494 e. The minimum Gasteiger partial charge on any atom is -0.494 e. The van der Waals surface area contributed by atoms with Gasteiger partial charge in [0.05, 0.1) is 6.61 Å². The number of hydrogen-bond acceptors (Lipinski definition) is 6. The molecule has 0 aliphatic heterocycles. The van der Waals surface area contributed by atoms with Crippen LogP contribution >= 0.6 is 0 Å². The van der Waals surface area contributed by atoms with Crippen LogP contribution in [0.3, 0.4) is 0 Å². The molecule has 0 fully saturated rings. The molecule has 3 N–H and O–H groups in total. The van der Waals surface area contributed by atoms with E-state index in [2.05, 4.69) is 48.3 Å². The van der Waals surface area contributed by atoms with E-state index in [0.717, 1.165) is 46.6 Å². The van der Waals surface area contributed by atoms with Crippen molar-refractivity contribution in [1.29, 1.82) is 0 Å². The minimum atomic E-state index is -1.17. The summed E-state index contributed by atoms with van der Waals surface area (Å²) in [5, 5.41) is 14.2. The second kappa shape index (κ2) is 17.2. The zero-order chi connectivity index (χ0) is 34.5. The molecular weight excluding hydrogens is 604 g/mol. The van der Waals surface area contributed by atoms with Gasteiger partial charge in [0.2, 0.25) is 5.91 Å². The predicted octanol–water partition coefficient (Wildman–Crippen LogP) is 7.00. The quantitative estimate of drug-likeness (QED) is 0.111. The van der Waals surface area contributed by atoms with Crippen LogP contribution in [0.15, 0.2) is 85.2 Å². The topological polar surface area (TPSA) is 131 Å². The third-order valence-corrected chi connectivity index (χ3v) is 8.06. The van der Waals surface area contributed by atoms with Crippen molar-refractivity contribution in [3.05, 3.63) is 102 Å². The molecule has 4 rings (SSSR count). The maximum absolute atomic E-state index is 13.1. The van der Waals surface area contributed by atoms with Gasteiger partial charge < -0.3 is 20.5 Å². The number of aromatic nitrogens is 2. The summed E-state index contributed by atoms with van der Waals surface area (Å²) in [6, 6.07) is 21.6. The minimum absolute atomic E-state index is 0.0672. The first kappa shape index (κ1) is 35.8. The van der Waals surface area contributed by atoms with E-state index in [4.69, 9.17) is 9.84 Å². The van der Waals surface area contributed by atoms with Gasteiger partial charge in [-0.15, -0.1) is 0 Å². The van der Waals surface area contributed by atoms with Crippen molar-refractivity contribution in [2.24, 2.45) is 0 Å². The summed E-state index contributed by atoms with van der Waals surface area (Å²) in [7, 11) is 0. The number of nitrogens with one attached hydrogen (secondary N) is 2. The fraction of sp³-hybridized carbons (Fsp3) is 0.359. The van der Waals surface area contributed by atoms with Crippen LogP contribution in [0.4, 0.5) is 0 Å². The van der Waals surface area contributed by atoms with E-state index in [1.807, 2.05) is 60.7 Å². The number of benzene rings is 3. The second-order valence-electron chi connectivity index (χ2n) is 12.9. The lowest BCUT2D eigenvalue weighted by atomic mass is 9.86. The number of carboxylic acids is 1. The normalized spacial score (nSPS) is 11.8. The van der Waals surface area contributed by atoms with Crippen LogP contribution < -0.4 is 15.4 Å². The number of rotatable bonds is 16. The Bertz CT molecular complexity index is 1630. The smallest absolute Gasteiger partial charge is 0.322 e. The SMILES string of the molecule is CCCCCCCOc1ccc(-c2cnc(-c3ccc(C[C@H](NC(=O)c4ccc(C(C)(C)C)cc4)C(=O)NCC(=O)O)cc3)nc2)cc1. The summed E-state index contributed by atoms with van der Waals surface area (Å²) in [6.45, 7) is 8.65. The van der Waals surface area contributed by atoms with Crippen molar-refractivity contribution in [2.75, 3.05) is 13.2 Å². The third kappa shape index (κ3) is 10.8. The summed E-state index contributed by atoms with van der Waals surface area (Å²) in [5.41, 5.74) is 4.87. The highest BCUT2D eigenvalue weighted by molar-refractivity contribution is 5.98. The van der Waals surface area contributed by atoms with Gasteiger partial charge in [-0.05, 0) is 52.8 Å². The van der Waals surface area contributed by atoms with Gasteiger partial charge in [0, 0.05) is 35.5 Å². The fourth-order valence-electron chi connectivity index (χ4n) is 5.15. The zero-order valence-corrected chi connectivity index (χ0v) is 28.3. The molecule has 2 amide bonds. The van der Waals surface area contributed by atoms with E-state index in [9.17, 15) is 14.4 Å². The molecule has 0 saturated carbocycles. The molecule has 1 atom stereocenters. The van der Waals surface area contributed by atoms with Gasteiger partial charge in [-0.3, -0.25) is 14.4 Å². The molecule has 0 aliphatic rings. The van der Waals surface area contributed by atoms with Crippen molar-refractivity contribution in [2.45, 2.75) is 77.7 Å². The molecule has 0 bridgehead atoms. The average Bonchev–Trinajstić information content (AvgIpc) is 3.08. The maximum atomic E-state index is 13.1. The number of unbranched alkanes of at least 4 members (excludes halogenated alkanes) is 4. The van der Waals surface area contributed by atoms with Crippen LogP contribution in [0, 0.1) is 0 Å². The molecule has 0 saturated heterocycles. The van der Waals surface area contributed by atoms with E-state index in [-0.39, 0.29) is 11.8 Å². The van der Waals surface area contributed by atoms with Crippen LogP contribution in [-0.2, 0) is 21.4 Å². The molecule has 9 heteroatoms. The summed E-state index contributed by atoms with van der Waals surface area (Å²) in [4.78, 5) is 46.2. The molecule has 0 spiro atoms. The van der Waals surface area contributed by atoms with Crippen molar-refractivity contribution in [3.8, 4) is 28.3 Å². The Morgan fingerprint density at radius 3 is 2.02 bits per heavy atom. The van der Waals surface area contributed by atoms with E-state index in [1.54, 1.807) is 24.5 Å². The molecule has 1 aromatic heterocycles. The first-order valence-electron chi connectivity index (χ1n) is 16.6. The molecule has 9 nitrogen and oxygen atoms in total. The lowest BCUT2D eigenvalue weighted by molar-refractivity contribution is -0.138. The number of carbonyl (C=O) groups excluding carboxylic acids is 2. The number of nitrogens with zero attached hydrogens (tertiary/aromatic N) is 2. The molecule has 252 valence electrons. The highest BCUT2D eigenvalue weighted by Crippen LogP contribution is 2.24. The molecule has 3 aromatic carbocycles. The van der Waals surface area contributed by atoms with Crippen LogP contribution in [0.1, 0.15) is 81.3 Å². The monoisotopic (exact) mass is 650 g/mol. The Balaban J connectivity index is 1.38.